The summed E-state index contributed by atoms with van der Waals surface area (Å²) in [5, 5.41) is 3.74. The molecule has 0 saturated carbocycles. The first-order chi connectivity index (χ1) is 13.5. The highest BCUT2D eigenvalue weighted by atomic mass is 35.5. The Hall–Kier alpha value is -2.08. The summed E-state index contributed by atoms with van der Waals surface area (Å²) in [6, 6.07) is 16.0. The third-order valence-corrected chi connectivity index (χ3v) is 5.58. The third-order valence-electron chi connectivity index (χ3n) is 5.34. The second kappa shape index (κ2) is 9.92. The van der Waals surface area contributed by atoms with Crippen molar-refractivity contribution in [1.82, 2.24) is 0 Å². The van der Waals surface area contributed by atoms with Gasteiger partial charge in [0, 0.05) is 22.0 Å². The quantitative estimate of drug-likeness (QED) is 0.638. The van der Waals surface area contributed by atoms with Crippen LogP contribution < -0.4 is 20.0 Å². The number of hydrogen-bond donors (Lipinski definition) is 3. The molecule has 0 spiro atoms. The number of hydrogen-bond acceptors (Lipinski definition) is 2. The lowest BCUT2D eigenvalue weighted by molar-refractivity contribution is -0.898. The lowest BCUT2D eigenvalue weighted by Gasteiger charge is -2.33. The molecule has 1 amide bonds. The molecule has 1 fully saturated rings. The maximum atomic E-state index is 12.4. The predicted molar refractivity (Wildman–Crippen MR) is 115 cm³/mol. The zero-order chi connectivity index (χ0) is 19.9. The molecular weight excluding hydrogens is 372 g/mol. The van der Waals surface area contributed by atoms with Gasteiger partial charge < -0.3 is 20.0 Å². The fraction of sp³-hybridized carbons (Fsp3) is 0.409. The maximum Gasteiger partial charge on any atom is 0.279 e. The Morgan fingerprint density at radius 2 is 1.89 bits per heavy atom. The van der Waals surface area contributed by atoms with Gasteiger partial charge in [0.05, 0.1) is 39.8 Å². The molecule has 1 saturated heterocycles. The minimum atomic E-state index is 0.0208. The number of halogens is 1. The molecule has 3 rings (SSSR count). The minimum Gasteiger partial charge on any atom is -0.360 e. The second-order valence-corrected chi connectivity index (χ2v) is 8.06. The van der Waals surface area contributed by atoms with Gasteiger partial charge in [0.15, 0.2) is 6.54 Å². The van der Waals surface area contributed by atoms with Crippen molar-refractivity contribution in [2.24, 2.45) is 0 Å². The van der Waals surface area contributed by atoms with Crippen LogP contribution in [-0.4, -0.2) is 52.2 Å². The van der Waals surface area contributed by atoms with Crippen LogP contribution in [0.15, 0.2) is 48.5 Å². The number of carbonyl (C=O) groups excluding carboxylic acids is 1. The van der Waals surface area contributed by atoms with Gasteiger partial charge in [-0.1, -0.05) is 23.7 Å². The van der Waals surface area contributed by atoms with Crippen molar-refractivity contribution in [3.8, 4) is 0 Å². The Kier molecular flexibility index (Phi) is 7.31. The topological polar surface area (TPSA) is 41.2 Å². The zero-order valence-corrected chi connectivity index (χ0v) is 17.6. The summed E-state index contributed by atoms with van der Waals surface area (Å²) < 4.78 is 0. The fourth-order valence-electron chi connectivity index (χ4n) is 3.73. The molecule has 2 aromatic carbocycles. The highest BCUT2D eigenvalue weighted by Gasteiger charge is 2.18. The van der Waals surface area contributed by atoms with E-state index in [1.165, 1.54) is 25.3 Å². The van der Waals surface area contributed by atoms with Crippen molar-refractivity contribution in [3.05, 3.63) is 59.1 Å². The van der Waals surface area contributed by atoms with Crippen LogP contribution in [0.3, 0.4) is 0 Å². The number of nitrogens with zero attached hydrogens (tertiary/aromatic N) is 1. The van der Waals surface area contributed by atoms with Crippen LogP contribution in [0.2, 0.25) is 5.02 Å². The zero-order valence-electron chi connectivity index (χ0n) is 16.8. The smallest absolute Gasteiger partial charge is 0.279 e. The van der Waals surface area contributed by atoms with Crippen LogP contribution in [0.4, 0.5) is 11.4 Å². The van der Waals surface area contributed by atoms with Gasteiger partial charge in [-0.05, 0) is 43.3 Å². The van der Waals surface area contributed by atoms with E-state index in [4.69, 9.17) is 11.6 Å². The molecule has 5 nitrogen and oxygen atoms in total. The van der Waals surface area contributed by atoms with Crippen molar-refractivity contribution in [2.75, 3.05) is 56.5 Å². The average Bonchev–Trinajstić information content (AvgIpc) is 2.68. The number of rotatable bonds is 7. The molecule has 0 aliphatic carbocycles. The van der Waals surface area contributed by atoms with Gasteiger partial charge in [0.1, 0.15) is 6.54 Å². The standard InChI is InChI=1S/C22H29ClN4O/c1-3-26-11-13-27(14-12-26)21-9-7-20(8-10-21)24-22(28)17-25(2)16-18-5-4-6-19(23)15-18/h4-10,15H,3,11-14,16-17H2,1-2H3,(H,24,28)/p+2. The van der Waals surface area contributed by atoms with Crippen LogP contribution in [0.25, 0.3) is 0 Å². The summed E-state index contributed by atoms with van der Waals surface area (Å²) in [6.45, 7) is 9.18. The van der Waals surface area contributed by atoms with Crippen molar-refractivity contribution >= 4 is 28.9 Å². The van der Waals surface area contributed by atoms with E-state index in [-0.39, 0.29) is 5.91 Å². The van der Waals surface area contributed by atoms with Gasteiger partial charge in [-0.3, -0.25) is 4.79 Å². The van der Waals surface area contributed by atoms with Crippen LogP contribution >= 0.6 is 11.6 Å². The van der Waals surface area contributed by atoms with Crippen LogP contribution in [0.5, 0.6) is 0 Å². The lowest BCUT2D eigenvalue weighted by Crippen LogP contribution is -3.14. The van der Waals surface area contributed by atoms with Gasteiger partial charge >= 0.3 is 0 Å². The molecule has 1 unspecified atom stereocenters. The molecule has 1 aliphatic heterocycles. The normalized spacial score (nSPS) is 16.0. The largest absolute Gasteiger partial charge is 0.360 e. The molecular formula is C22H31ClN4O+2. The van der Waals surface area contributed by atoms with E-state index >= 15 is 0 Å². The van der Waals surface area contributed by atoms with Gasteiger partial charge in [-0.15, -0.1) is 0 Å². The fourth-order valence-corrected chi connectivity index (χ4v) is 3.94. The van der Waals surface area contributed by atoms with E-state index in [1.807, 2.05) is 43.4 Å². The van der Waals surface area contributed by atoms with Crippen molar-refractivity contribution in [1.29, 1.82) is 0 Å². The molecule has 1 aliphatic rings. The van der Waals surface area contributed by atoms with Crippen molar-refractivity contribution < 1.29 is 14.6 Å². The Bertz CT molecular complexity index is 772. The molecule has 0 bridgehead atoms. The second-order valence-electron chi connectivity index (χ2n) is 7.63. The number of benzene rings is 2. The Labute approximate surface area is 172 Å². The molecule has 6 heteroatoms. The predicted octanol–water partition coefficient (Wildman–Crippen LogP) is 0.718. The van der Waals surface area contributed by atoms with E-state index in [9.17, 15) is 4.79 Å². The summed E-state index contributed by atoms with van der Waals surface area (Å²) in [5.74, 6) is 0.0208. The van der Waals surface area contributed by atoms with Crippen molar-refractivity contribution in [3.63, 3.8) is 0 Å². The van der Waals surface area contributed by atoms with Crippen LogP contribution in [0, 0.1) is 0 Å². The number of amides is 1. The summed E-state index contributed by atoms with van der Waals surface area (Å²) in [6.07, 6.45) is 0. The first-order valence-corrected chi connectivity index (χ1v) is 10.5. The van der Waals surface area contributed by atoms with E-state index in [0.717, 1.165) is 40.8 Å². The van der Waals surface area contributed by atoms with Gasteiger partial charge in [0.2, 0.25) is 0 Å². The number of piperazine rings is 1. The third kappa shape index (κ3) is 5.96. The summed E-state index contributed by atoms with van der Waals surface area (Å²) in [4.78, 5) is 17.6. The molecule has 1 atom stereocenters. The van der Waals surface area contributed by atoms with E-state index < -0.39 is 0 Å². The van der Waals surface area contributed by atoms with Gasteiger partial charge in [0.25, 0.3) is 5.91 Å². The van der Waals surface area contributed by atoms with Gasteiger partial charge in [-0.25, -0.2) is 0 Å². The van der Waals surface area contributed by atoms with Crippen molar-refractivity contribution in [2.45, 2.75) is 13.5 Å². The van der Waals surface area contributed by atoms with Crippen LogP contribution in [-0.2, 0) is 11.3 Å². The average molecular weight is 403 g/mol. The molecule has 0 radical (unpaired) electrons. The highest BCUT2D eigenvalue weighted by Crippen LogP contribution is 2.18. The highest BCUT2D eigenvalue weighted by molar-refractivity contribution is 6.30. The Morgan fingerprint density at radius 1 is 1.18 bits per heavy atom. The number of likely N-dealkylation sites (N-methyl/N-ethyl adjacent to an activating group) is 2. The monoisotopic (exact) mass is 402 g/mol. The lowest BCUT2D eigenvalue weighted by atomic mass is 10.2. The number of anilines is 2. The SMILES string of the molecule is CC[NH+]1CCN(c2ccc(NC(=O)C[NH+](C)Cc3cccc(Cl)c3)cc2)CC1. The first-order valence-electron chi connectivity index (χ1n) is 10.1. The van der Waals surface area contributed by atoms with Crippen LogP contribution in [0.1, 0.15) is 12.5 Å². The number of carbonyl (C=O) groups is 1. The van der Waals surface area contributed by atoms with E-state index in [0.29, 0.717) is 6.54 Å². The number of nitrogens with one attached hydrogen (secondary N) is 3. The van der Waals surface area contributed by atoms with Gasteiger partial charge in [-0.2, -0.15) is 0 Å². The molecule has 3 N–H and O–H groups in total. The van der Waals surface area contributed by atoms with E-state index in [2.05, 4.69) is 29.3 Å². The Balaban J connectivity index is 1.47. The molecule has 150 valence electrons. The molecule has 0 aromatic heterocycles. The summed E-state index contributed by atoms with van der Waals surface area (Å²) in [5.41, 5.74) is 3.21. The molecule has 2 aromatic rings. The minimum absolute atomic E-state index is 0.0208. The molecule has 1 heterocycles. The molecule has 28 heavy (non-hydrogen) atoms. The Morgan fingerprint density at radius 3 is 2.54 bits per heavy atom. The maximum absolute atomic E-state index is 12.4. The summed E-state index contributed by atoms with van der Waals surface area (Å²) in [7, 11) is 2.02. The first kappa shape index (κ1) is 20.6. The summed E-state index contributed by atoms with van der Waals surface area (Å²) >= 11 is 6.03. The number of quaternary nitrogens is 2. The van der Waals surface area contributed by atoms with E-state index in [1.54, 1.807) is 4.90 Å².